The zero-order valence-electron chi connectivity index (χ0n) is 7.42. The molecule has 3 heteroatoms. The van der Waals surface area contributed by atoms with E-state index in [1.54, 1.807) is 0 Å². The van der Waals surface area contributed by atoms with Gasteiger partial charge < -0.3 is 4.74 Å². The Balaban J connectivity index is 2.54. The van der Waals surface area contributed by atoms with E-state index in [0.717, 1.165) is 9.32 Å². The minimum absolute atomic E-state index is 0.125. The van der Waals surface area contributed by atoms with Crippen LogP contribution in [0.4, 0.5) is 0 Å². The van der Waals surface area contributed by atoms with Crippen LogP contribution < -0.4 is 4.74 Å². The zero-order chi connectivity index (χ0) is 9.68. The molecule has 0 amide bonds. The summed E-state index contributed by atoms with van der Waals surface area (Å²) in [6.45, 7) is 2.01. The van der Waals surface area contributed by atoms with Crippen molar-refractivity contribution < 1.29 is 9.53 Å². The normalized spacial score (nSPS) is 9.69. The van der Waals surface area contributed by atoms with E-state index < -0.39 is 0 Å². The van der Waals surface area contributed by atoms with Gasteiger partial charge in [-0.25, -0.2) is 0 Å². The molecule has 0 aliphatic carbocycles. The highest BCUT2D eigenvalue weighted by Crippen LogP contribution is 2.19. The molecule has 0 atom stereocenters. The molecule has 1 aromatic rings. The van der Waals surface area contributed by atoms with Crippen molar-refractivity contribution in [2.45, 2.75) is 13.3 Å². The Labute approximate surface area is 91.4 Å². The number of benzene rings is 1. The average Bonchev–Trinajstić information content (AvgIpc) is 2.16. The molecule has 1 rings (SSSR count). The lowest BCUT2D eigenvalue weighted by molar-refractivity contribution is -0.120. The molecule has 0 aromatic heterocycles. The second kappa shape index (κ2) is 5.21. The first-order chi connectivity index (χ1) is 6.24. The van der Waals surface area contributed by atoms with E-state index in [-0.39, 0.29) is 12.4 Å². The number of para-hydroxylation sites is 1. The second-order valence-electron chi connectivity index (χ2n) is 2.61. The predicted molar refractivity (Wildman–Crippen MR) is 60.0 cm³/mol. The van der Waals surface area contributed by atoms with E-state index in [0.29, 0.717) is 6.42 Å². The lowest BCUT2D eigenvalue weighted by atomic mass is 10.3. The quantitative estimate of drug-likeness (QED) is 0.797. The molecule has 0 bridgehead atoms. The third-order valence-electron chi connectivity index (χ3n) is 1.62. The molecule has 0 fully saturated rings. The summed E-state index contributed by atoms with van der Waals surface area (Å²) in [5.41, 5.74) is 0. The van der Waals surface area contributed by atoms with Gasteiger partial charge in [0.1, 0.15) is 12.4 Å². The Morgan fingerprint density at radius 3 is 2.77 bits per heavy atom. The maximum absolute atomic E-state index is 11.0. The van der Waals surface area contributed by atoms with E-state index in [1.807, 2.05) is 31.2 Å². The van der Waals surface area contributed by atoms with E-state index >= 15 is 0 Å². The first-order valence-electron chi connectivity index (χ1n) is 4.13. The molecule has 0 radical (unpaired) electrons. The predicted octanol–water partition coefficient (Wildman–Crippen LogP) is 2.65. The molecule has 0 N–H and O–H groups in total. The van der Waals surface area contributed by atoms with Crippen molar-refractivity contribution in [3.8, 4) is 5.75 Å². The smallest absolute Gasteiger partial charge is 0.169 e. The van der Waals surface area contributed by atoms with Gasteiger partial charge in [0.2, 0.25) is 0 Å². The largest absolute Gasteiger partial charge is 0.485 e. The molecule has 0 saturated carbocycles. The van der Waals surface area contributed by atoms with Crippen molar-refractivity contribution in [2.24, 2.45) is 0 Å². The molecule has 2 nitrogen and oxygen atoms in total. The van der Waals surface area contributed by atoms with Crippen molar-refractivity contribution in [1.82, 2.24) is 0 Å². The number of rotatable bonds is 4. The van der Waals surface area contributed by atoms with Crippen molar-refractivity contribution in [2.75, 3.05) is 6.61 Å². The van der Waals surface area contributed by atoms with Crippen LogP contribution in [0.1, 0.15) is 13.3 Å². The molecule has 13 heavy (non-hydrogen) atoms. The standard InChI is InChI=1S/C10H11IO2/c1-2-8(12)7-13-10-6-4-3-5-9(10)11/h3-6H,2,7H2,1H3. The van der Waals surface area contributed by atoms with Crippen LogP contribution in [0.2, 0.25) is 0 Å². The highest BCUT2D eigenvalue weighted by atomic mass is 127. The number of hydrogen-bond acceptors (Lipinski definition) is 2. The van der Waals surface area contributed by atoms with Crippen LogP contribution in [0.3, 0.4) is 0 Å². The zero-order valence-corrected chi connectivity index (χ0v) is 9.58. The summed E-state index contributed by atoms with van der Waals surface area (Å²) >= 11 is 2.18. The number of hydrogen-bond donors (Lipinski definition) is 0. The molecule has 0 aliphatic rings. The van der Waals surface area contributed by atoms with E-state index in [1.165, 1.54) is 0 Å². The van der Waals surface area contributed by atoms with Crippen molar-refractivity contribution in [3.63, 3.8) is 0 Å². The van der Waals surface area contributed by atoms with Crippen LogP contribution >= 0.6 is 22.6 Å². The van der Waals surface area contributed by atoms with Crippen LogP contribution in [0.5, 0.6) is 5.75 Å². The number of carbonyl (C=O) groups is 1. The summed E-state index contributed by atoms with van der Waals surface area (Å²) in [5, 5.41) is 0. The summed E-state index contributed by atoms with van der Waals surface area (Å²) in [6.07, 6.45) is 0.531. The molecule has 0 heterocycles. The minimum atomic E-state index is 0.125. The van der Waals surface area contributed by atoms with Gasteiger partial charge in [0.25, 0.3) is 0 Å². The Morgan fingerprint density at radius 2 is 2.15 bits per heavy atom. The fraction of sp³-hybridized carbons (Fsp3) is 0.300. The molecule has 70 valence electrons. The molecule has 1 aromatic carbocycles. The monoisotopic (exact) mass is 290 g/mol. The number of carbonyl (C=O) groups excluding carboxylic acids is 1. The van der Waals surface area contributed by atoms with Crippen molar-refractivity contribution in [3.05, 3.63) is 27.8 Å². The lowest BCUT2D eigenvalue weighted by Gasteiger charge is -2.05. The van der Waals surface area contributed by atoms with Crippen LogP contribution in [0.15, 0.2) is 24.3 Å². The molecule has 0 unspecified atom stereocenters. The average molecular weight is 290 g/mol. The van der Waals surface area contributed by atoms with Gasteiger partial charge in [-0.3, -0.25) is 4.79 Å². The highest BCUT2D eigenvalue weighted by molar-refractivity contribution is 14.1. The molecular weight excluding hydrogens is 279 g/mol. The summed E-state index contributed by atoms with van der Waals surface area (Å²) < 4.78 is 6.36. The van der Waals surface area contributed by atoms with Crippen LogP contribution in [0.25, 0.3) is 0 Å². The van der Waals surface area contributed by atoms with E-state index in [4.69, 9.17) is 4.74 Å². The van der Waals surface area contributed by atoms with Gasteiger partial charge in [-0.2, -0.15) is 0 Å². The topological polar surface area (TPSA) is 26.3 Å². The maximum Gasteiger partial charge on any atom is 0.169 e. The number of Topliss-reactive ketones (excluding diaryl/α,β-unsaturated/α-hetero) is 1. The van der Waals surface area contributed by atoms with Crippen LogP contribution in [-0.2, 0) is 4.79 Å². The Morgan fingerprint density at radius 1 is 1.46 bits per heavy atom. The van der Waals surface area contributed by atoms with Crippen molar-refractivity contribution in [1.29, 1.82) is 0 Å². The van der Waals surface area contributed by atoms with Crippen LogP contribution in [0, 0.1) is 3.57 Å². The summed E-state index contributed by atoms with van der Waals surface area (Å²) in [7, 11) is 0. The molecule has 0 spiro atoms. The lowest BCUT2D eigenvalue weighted by Crippen LogP contribution is -2.09. The molecular formula is C10H11IO2. The van der Waals surface area contributed by atoms with E-state index in [2.05, 4.69) is 22.6 Å². The summed E-state index contributed by atoms with van der Waals surface area (Å²) in [5.74, 6) is 0.907. The van der Waals surface area contributed by atoms with E-state index in [9.17, 15) is 4.79 Å². The molecule has 0 saturated heterocycles. The fourth-order valence-corrected chi connectivity index (χ4v) is 1.37. The van der Waals surface area contributed by atoms with Crippen molar-refractivity contribution >= 4 is 28.4 Å². The number of ether oxygens (including phenoxy) is 1. The minimum Gasteiger partial charge on any atom is -0.485 e. The Hall–Kier alpha value is -0.580. The first-order valence-corrected chi connectivity index (χ1v) is 5.21. The SMILES string of the molecule is CCC(=O)COc1ccccc1I. The van der Waals surface area contributed by atoms with Gasteiger partial charge in [-0.05, 0) is 34.7 Å². The molecule has 0 aliphatic heterocycles. The second-order valence-corrected chi connectivity index (χ2v) is 3.77. The Bertz CT molecular complexity index is 297. The van der Waals surface area contributed by atoms with Gasteiger partial charge in [0, 0.05) is 6.42 Å². The summed E-state index contributed by atoms with van der Waals surface area (Å²) in [6, 6.07) is 7.65. The van der Waals surface area contributed by atoms with Gasteiger partial charge in [-0.1, -0.05) is 19.1 Å². The maximum atomic E-state index is 11.0. The number of ketones is 1. The highest BCUT2D eigenvalue weighted by Gasteiger charge is 2.02. The van der Waals surface area contributed by atoms with Gasteiger partial charge in [0.05, 0.1) is 3.57 Å². The number of halogens is 1. The van der Waals surface area contributed by atoms with Gasteiger partial charge >= 0.3 is 0 Å². The van der Waals surface area contributed by atoms with Gasteiger partial charge in [0.15, 0.2) is 5.78 Å². The summed E-state index contributed by atoms with van der Waals surface area (Å²) in [4.78, 5) is 11.0. The fourth-order valence-electron chi connectivity index (χ4n) is 0.822. The Kier molecular flexibility index (Phi) is 4.21. The third-order valence-corrected chi connectivity index (χ3v) is 2.51. The first kappa shape index (κ1) is 10.5. The third kappa shape index (κ3) is 3.34. The van der Waals surface area contributed by atoms with Crippen LogP contribution in [-0.4, -0.2) is 12.4 Å². The van der Waals surface area contributed by atoms with Gasteiger partial charge in [-0.15, -0.1) is 0 Å².